The lowest BCUT2D eigenvalue weighted by Crippen LogP contribution is -2.34. The summed E-state index contributed by atoms with van der Waals surface area (Å²) in [6.07, 6.45) is 3.54. The van der Waals surface area contributed by atoms with Crippen LogP contribution in [-0.2, 0) is 18.0 Å². The first kappa shape index (κ1) is 23.4. The fourth-order valence-corrected chi connectivity index (χ4v) is 7.29. The highest BCUT2D eigenvalue weighted by Gasteiger charge is 2.46. The SMILES string of the molecule is Cn1cc2cc(-c3cc(C(F)(F)F)c(NC4C[C@@H]5CN(C[C@@H]6CC7CCC6O7)C[C@@H]5C4)nn3)ccc2n1. The number of ether oxygens (including phenoxy) is 1. The number of nitrogens with one attached hydrogen (secondary N) is 1. The molecule has 10 heteroatoms. The van der Waals surface area contributed by atoms with E-state index in [0.717, 1.165) is 49.4 Å². The second kappa shape index (κ2) is 8.66. The van der Waals surface area contributed by atoms with Crippen LogP contribution in [0.15, 0.2) is 30.5 Å². The zero-order chi connectivity index (χ0) is 25.3. The minimum Gasteiger partial charge on any atom is -0.375 e. The van der Waals surface area contributed by atoms with Crippen molar-refractivity contribution in [2.45, 2.75) is 56.5 Å². The summed E-state index contributed by atoms with van der Waals surface area (Å²) in [7, 11) is 1.81. The van der Waals surface area contributed by atoms with Crippen LogP contribution in [0.4, 0.5) is 19.0 Å². The van der Waals surface area contributed by atoms with E-state index in [-0.39, 0.29) is 17.6 Å². The molecule has 5 heterocycles. The van der Waals surface area contributed by atoms with Gasteiger partial charge in [0.05, 0.1) is 23.4 Å². The van der Waals surface area contributed by atoms with E-state index in [2.05, 4.69) is 25.5 Å². The zero-order valence-electron chi connectivity index (χ0n) is 20.8. The molecule has 3 aliphatic heterocycles. The molecule has 0 spiro atoms. The third-order valence-electron chi connectivity index (χ3n) is 8.91. The first-order valence-corrected chi connectivity index (χ1v) is 13.3. The minimum absolute atomic E-state index is 0.0176. The molecule has 3 unspecified atom stereocenters. The van der Waals surface area contributed by atoms with Crippen LogP contribution in [0.3, 0.4) is 0 Å². The van der Waals surface area contributed by atoms with E-state index in [4.69, 9.17) is 4.74 Å². The molecule has 3 aromatic rings. The fourth-order valence-electron chi connectivity index (χ4n) is 7.29. The summed E-state index contributed by atoms with van der Waals surface area (Å²) in [5.41, 5.74) is 0.801. The molecule has 3 saturated heterocycles. The second-order valence-corrected chi connectivity index (χ2v) is 11.5. The van der Waals surface area contributed by atoms with Gasteiger partial charge in [-0.05, 0) is 62.1 Å². The van der Waals surface area contributed by atoms with Crippen molar-refractivity contribution in [1.29, 1.82) is 0 Å². The molecule has 1 aromatic carbocycles. The molecule has 2 bridgehead atoms. The maximum atomic E-state index is 14.1. The summed E-state index contributed by atoms with van der Waals surface area (Å²) in [4.78, 5) is 2.56. The number of anilines is 1. The van der Waals surface area contributed by atoms with Gasteiger partial charge >= 0.3 is 6.18 Å². The molecular weight excluding hydrogens is 481 g/mol. The number of rotatable bonds is 5. The number of fused-ring (bicyclic) bond motifs is 4. The summed E-state index contributed by atoms with van der Waals surface area (Å²) in [6.45, 7) is 3.16. The number of hydrogen-bond donors (Lipinski definition) is 1. The van der Waals surface area contributed by atoms with E-state index in [1.165, 1.54) is 19.3 Å². The third kappa shape index (κ3) is 4.37. The number of likely N-dealkylation sites (tertiary alicyclic amines) is 1. The first-order valence-electron chi connectivity index (χ1n) is 13.3. The van der Waals surface area contributed by atoms with E-state index in [9.17, 15) is 13.2 Å². The number of hydrogen-bond acceptors (Lipinski definition) is 6. The van der Waals surface area contributed by atoms with Gasteiger partial charge in [-0.2, -0.15) is 18.3 Å². The van der Waals surface area contributed by atoms with Crippen molar-refractivity contribution in [3.8, 4) is 11.3 Å². The second-order valence-electron chi connectivity index (χ2n) is 11.5. The van der Waals surface area contributed by atoms with Crippen molar-refractivity contribution < 1.29 is 17.9 Å². The number of halogens is 3. The maximum absolute atomic E-state index is 14.1. The highest BCUT2D eigenvalue weighted by molar-refractivity contribution is 5.83. The molecule has 7 rings (SSSR count). The van der Waals surface area contributed by atoms with Crippen molar-refractivity contribution in [1.82, 2.24) is 24.9 Å². The van der Waals surface area contributed by atoms with Crippen molar-refractivity contribution in [2.75, 3.05) is 25.0 Å². The van der Waals surface area contributed by atoms with Gasteiger partial charge in [0.15, 0.2) is 5.82 Å². The molecule has 2 aromatic heterocycles. The Balaban J connectivity index is 1.04. The van der Waals surface area contributed by atoms with Crippen LogP contribution in [0.2, 0.25) is 0 Å². The monoisotopic (exact) mass is 512 g/mol. The number of alkyl halides is 3. The molecule has 4 fully saturated rings. The Labute approximate surface area is 213 Å². The van der Waals surface area contributed by atoms with E-state index < -0.39 is 11.7 Å². The minimum atomic E-state index is -4.53. The summed E-state index contributed by atoms with van der Waals surface area (Å²) in [6, 6.07) is 6.42. The summed E-state index contributed by atoms with van der Waals surface area (Å²) < 4.78 is 49.9. The van der Waals surface area contributed by atoms with Crippen LogP contribution in [-0.4, -0.2) is 62.8 Å². The molecule has 7 nitrogen and oxygen atoms in total. The van der Waals surface area contributed by atoms with Crippen LogP contribution in [0.25, 0.3) is 22.2 Å². The van der Waals surface area contributed by atoms with Gasteiger partial charge in [0.25, 0.3) is 0 Å². The molecule has 1 saturated carbocycles. The van der Waals surface area contributed by atoms with E-state index in [0.29, 0.717) is 35.5 Å². The molecule has 37 heavy (non-hydrogen) atoms. The normalized spacial score (nSPS) is 31.5. The van der Waals surface area contributed by atoms with Gasteiger partial charge in [-0.15, -0.1) is 10.2 Å². The predicted molar refractivity (Wildman–Crippen MR) is 133 cm³/mol. The Hall–Kier alpha value is -2.72. The van der Waals surface area contributed by atoms with E-state index in [1.807, 2.05) is 13.2 Å². The summed E-state index contributed by atoms with van der Waals surface area (Å²) in [5, 5.41) is 16.5. The van der Waals surface area contributed by atoms with Gasteiger partial charge in [-0.1, -0.05) is 6.07 Å². The van der Waals surface area contributed by atoms with Crippen molar-refractivity contribution in [2.24, 2.45) is 24.8 Å². The summed E-state index contributed by atoms with van der Waals surface area (Å²) in [5.74, 6) is 1.52. The number of benzene rings is 1. The standard InChI is InChI=1S/C27H31F3N6O/c1-35-11-18-6-15(2-4-23(18)34-35)24-10-22(27(28,29)30)26(33-32-24)31-20-7-16-12-36(13-17(16)8-20)14-19-9-21-3-5-25(19)37-21/h2,4,6,10-11,16-17,19-21,25H,3,5,7-9,12-14H2,1H3,(H,31,33)/t16-,17+,19-,20?,21?,25?/m0/s1. The van der Waals surface area contributed by atoms with Crippen molar-refractivity contribution >= 4 is 16.7 Å². The Bertz CT molecular complexity index is 1310. The van der Waals surface area contributed by atoms with Crippen molar-refractivity contribution in [3.63, 3.8) is 0 Å². The van der Waals surface area contributed by atoms with Crippen LogP contribution >= 0.6 is 0 Å². The lowest BCUT2D eigenvalue weighted by Gasteiger charge is -2.26. The van der Waals surface area contributed by atoms with E-state index >= 15 is 0 Å². The first-order chi connectivity index (χ1) is 17.8. The van der Waals surface area contributed by atoms with Crippen molar-refractivity contribution in [3.05, 3.63) is 36.0 Å². The van der Waals surface area contributed by atoms with Gasteiger partial charge in [0, 0.05) is 55.8 Å². The average molecular weight is 513 g/mol. The molecule has 4 aliphatic rings. The Morgan fingerprint density at radius 3 is 2.57 bits per heavy atom. The van der Waals surface area contributed by atoms with Crippen LogP contribution in [0, 0.1) is 17.8 Å². The zero-order valence-corrected chi connectivity index (χ0v) is 20.8. The molecule has 0 radical (unpaired) electrons. The van der Waals surface area contributed by atoms with Crippen LogP contribution in [0.1, 0.15) is 37.7 Å². The Kier molecular flexibility index (Phi) is 5.48. The number of nitrogens with zero attached hydrogens (tertiary/aromatic N) is 5. The Morgan fingerprint density at radius 2 is 1.86 bits per heavy atom. The molecular formula is C27H31F3N6O. The van der Waals surface area contributed by atoms with Crippen LogP contribution < -0.4 is 5.32 Å². The smallest absolute Gasteiger partial charge is 0.375 e. The molecule has 0 amide bonds. The largest absolute Gasteiger partial charge is 0.420 e. The predicted octanol–water partition coefficient (Wildman–Crippen LogP) is 4.74. The number of aryl methyl sites for hydroxylation is 1. The topological polar surface area (TPSA) is 68.1 Å². The molecule has 1 N–H and O–H groups in total. The molecule has 196 valence electrons. The van der Waals surface area contributed by atoms with Gasteiger partial charge in [-0.3, -0.25) is 4.68 Å². The van der Waals surface area contributed by atoms with E-state index in [1.54, 1.807) is 22.9 Å². The lowest BCUT2D eigenvalue weighted by atomic mass is 9.89. The van der Waals surface area contributed by atoms with Crippen LogP contribution in [0.5, 0.6) is 0 Å². The highest BCUT2D eigenvalue weighted by Crippen LogP contribution is 2.44. The maximum Gasteiger partial charge on any atom is 0.420 e. The highest BCUT2D eigenvalue weighted by atomic mass is 19.4. The number of aromatic nitrogens is 4. The summed E-state index contributed by atoms with van der Waals surface area (Å²) >= 11 is 0. The van der Waals surface area contributed by atoms with Gasteiger partial charge < -0.3 is 15.0 Å². The third-order valence-corrected chi connectivity index (χ3v) is 8.91. The molecule has 6 atom stereocenters. The lowest BCUT2D eigenvalue weighted by molar-refractivity contribution is -0.137. The Morgan fingerprint density at radius 1 is 1.05 bits per heavy atom. The fraction of sp³-hybridized carbons (Fsp3) is 0.593. The van der Waals surface area contributed by atoms with Gasteiger partial charge in [-0.25, -0.2) is 0 Å². The molecule has 1 aliphatic carbocycles. The average Bonchev–Trinajstić information content (AvgIpc) is 3.65. The van der Waals surface area contributed by atoms with Gasteiger partial charge in [0.1, 0.15) is 5.56 Å². The quantitative estimate of drug-likeness (QED) is 0.533. The van der Waals surface area contributed by atoms with Gasteiger partial charge in [0.2, 0.25) is 0 Å².